The van der Waals surface area contributed by atoms with Gasteiger partial charge < -0.3 is 15.5 Å². The Labute approximate surface area is 182 Å². The minimum atomic E-state index is -5.08. The zero-order chi connectivity index (χ0) is 24.2. The van der Waals surface area contributed by atoms with E-state index in [2.05, 4.69) is 20.6 Å². The van der Waals surface area contributed by atoms with Gasteiger partial charge >= 0.3 is 18.1 Å². The summed E-state index contributed by atoms with van der Waals surface area (Å²) in [6, 6.07) is 11.4. The highest BCUT2D eigenvalue weighted by Crippen LogP contribution is 2.21. The number of carbonyl (C=O) groups is 2. The monoisotopic (exact) mass is 465 g/mol. The molecule has 2 aromatic heterocycles. The van der Waals surface area contributed by atoms with Crippen LogP contribution in [0.25, 0.3) is 16.6 Å². The van der Waals surface area contributed by atoms with Crippen LogP contribution < -0.4 is 5.32 Å². The van der Waals surface area contributed by atoms with Crippen LogP contribution in [0.1, 0.15) is 16.1 Å². The topological polar surface area (TPSA) is 133 Å². The van der Waals surface area contributed by atoms with E-state index in [1.54, 1.807) is 35.1 Å². The third-order valence-corrected chi connectivity index (χ3v) is 4.23. The molecule has 0 aliphatic rings. The van der Waals surface area contributed by atoms with Gasteiger partial charge in [-0.05, 0) is 42.5 Å². The van der Waals surface area contributed by atoms with Crippen LogP contribution in [0.3, 0.4) is 0 Å². The fourth-order valence-corrected chi connectivity index (χ4v) is 2.68. The molecule has 4 rings (SSSR count). The molecule has 0 spiro atoms. The summed E-state index contributed by atoms with van der Waals surface area (Å²) in [6.45, 7) is 0.507. The van der Waals surface area contributed by atoms with E-state index >= 15 is 0 Å². The van der Waals surface area contributed by atoms with Crippen molar-refractivity contribution in [1.82, 2.24) is 20.0 Å². The number of aromatic nitrogens is 4. The second-order valence-electron chi connectivity index (χ2n) is 6.56. The molecule has 4 N–H and O–H groups in total. The Hall–Kier alpha value is -4.42. The molecule has 0 aliphatic heterocycles. The average molecular weight is 465 g/mol. The Morgan fingerprint density at radius 3 is 2.36 bits per heavy atom. The van der Waals surface area contributed by atoms with Gasteiger partial charge in [-0.3, -0.25) is 5.10 Å². The van der Waals surface area contributed by atoms with Crippen LogP contribution in [0.5, 0.6) is 0 Å². The van der Waals surface area contributed by atoms with E-state index in [1.165, 1.54) is 12.1 Å². The van der Waals surface area contributed by atoms with Crippen LogP contribution in [-0.2, 0) is 11.3 Å². The number of aromatic amines is 1. The number of halogens is 4. The minimum Gasteiger partial charge on any atom is -0.476 e. The molecule has 2 aromatic carbocycles. The maximum absolute atomic E-state index is 13.0. The van der Waals surface area contributed by atoms with E-state index in [1.807, 2.05) is 12.3 Å². The second-order valence-corrected chi connectivity index (χ2v) is 6.56. The Balaban J connectivity index is 0.000000383. The number of fused-ring (bicyclic) bond motifs is 1. The number of hydrogen-bond donors (Lipinski definition) is 4. The first-order chi connectivity index (χ1) is 15.5. The smallest absolute Gasteiger partial charge is 0.476 e. The first-order valence-electron chi connectivity index (χ1n) is 9.09. The van der Waals surface area contributed by atoms with Crippen molar-refractivity contribution in [3.63, 3.8) is 0 Å². The predicted octanol–water partition coefficient (Wildman–Crippen LogP) is 3.83. The Morgan fingerprint density at radius 1 is 1.09 bits per heavy atom. The van der Waals surface area contributed by atoms with Gasteiger partial charge in [0.15, 0.2) is 5.69 Å². The number of hydrogen-bond acceptors (Lipinski definition) is 5. The first kappa shape index (κ1) is 23.2. The van der Waals surface area contributed by atoms with E-state index in [4.69, 9.17) is 15.0 Å². The van der Waals surface area contributed by atoms with Crippen LogP contribution in [-0.4, -0.2) is 48.3 Å². The van der Waals surface area contributed by atoms with Crippen molar-refractivity contribution in [3.05, 3.63) is 71.9 Å². The van der Waals surface area contributed by atoms with Gasteiger partial charge in [-0.1, -0.05) is 0 Å². The molecule has 0 unspecified atom stereocenters. The second kappa shape index (κ2) is 9.38. The van der Waals surface area contributed by atoms with Crippen molar-refractivity contribution >= 4 is 28.5 Å². The van der Waals surface area contributed by atoms with E-state index in [0.29, 0.717) is 17.4 Å². The molecule has 33 heavy (non-hydrogen) atoms. The molecule has 4 aromatic rings. The lowest BCUT2D eigenvalue weighted by Gasteiger charge is -2.05. The number of benzene rings is 2. The normalized spacial score (nSPS) is 11.0. The van der Waals surface area contributed by atoms with Crippen molar-refractivity contribution in [2.75, 3.05) is 5.32 Å². The summed E-state index contributed by atoms with van der Waals surface area (Å²) < 4.78 is 46.4. The molecule has 0 atom stereocenters. The predicted molar refractivity (Wildman–Crippen MR) is 108 cm³/mol. The number of alkyl halides is 3. The Kier molecular flexibility index (Phi) is 6.61. The largest absolute Gasteiger partial charge is 0.490 e. The molecule has 2 heterocycles. The number of carboxylic acids is 2. The van der Waals surface area contributed by atoms with Gasteiger partial charge in [0, 0.05) is 29.4 Å². The molecular weight excluding hydrogens is 450 g/mol. The SMILES string of the molecule is O=C(O)C(F)(F)F.O=C(O)c1n[nH]c2ccc(NCc3cnn(-c4ccc(F)cc4)c3)cc12. The fourth-order valence-electron chi connectivity index (χ4n) is 2.68. The zero-order valence-corrected chi connectivity index (χ0v) is 16.5. The Bertz CT molecular complexity index is 1280. The molecule has 13 heteroatoms. The third kappa shape index (κ3) is 5.84. The minimum absolute atomic E-state index is 0.00669. The highest BCUT2D eigenvalue weighted by Gasteiger charge is 2.38. The van der Waals surface area contributed by atoms with Gasteiger partial charge in [-0.2, -0.15) is 23.4 Å². The zero-order valence-electron chi connectivity index (χ0n) is 16.5. The molecule has 0 fully saturated rings. The van der Waals surface area contributed by atoms with Crippen molar-refractivity contribution in [2.24, 2.45) is 0 Å². The lowest BCUT2D eigenvalue weighted by Crippen LogP contribution is -2.21. The number of nitrogens with zero attached hydrogens (tertiary/aromatic N) is 3. The maximum Gasteiger partial charge on any atom is 0.490 e. The number of nitrogens with one attached hydrogen (secondary N) is 2. The number of carboxylic acid groups (broad SMARTS) is 2. The van der Waals surface area contributed by atoms with Crippen LogP contribution in [0, 0.1) is 5.82 Å². The van der Waals surface area contributed by atoms with Gasteiger partial charge in [-0.15, -0.1) is 0 Å². The summed E-state index contributed by atoms with van der Waals surface area (Å²) >= 11 is 0. The quantitative estimate of drug-likeness (QED) is 0.329. The van der Waals surface area contributed by atoms with E-state index in [0.717, 1.165) is 16.9 Å². The number of H-pyrrole nitrogens is 1. The molecule has 9 nitrogen and oxygen atoms in total. The lowest BCUT2D eigenvalue weighted by molar-refractivity contribution is -0.192. The van der Waals surface area contributed by atoms with Crippen molar-refractivity contribution in [2.45, 2.75) is 12.7 Å². The third-order valence-electron chi connectivity index (χ3n) is 4.23. The van der Waals surface area contributed by atoms with Gasteiger partial charge in [0.25, 0.3) is 0 Å². The van der Waals surface area contributed by atoms with Crippen molar-refractivity contribution < 1.29 is 37.4 Å². The summed E-state index contributed by atoms with van der Waals surface area (Å²) in [5.41, 5.74) is 3.13. The lowest BCUT2D eigenvalue weighted by atomic mass is 10.2. The van der Waals surface area contributed by atoms with Gasteiger partial charge in [-0.25, -0.2) is 18.7 Å². The maximum atomic E-state index is 13.0. The summed E-state index contributed by atoms with van der Waals surface area (Å²) in [5, 5.41) is 30.8. The van der Waals surface area contributed by atoms with Crippen molar-refractivity contribution in [1.29, 1.82) is 0 Å². The summed E-state index contributed by atoms with van der Waals surface area (Å²) in [7, 11) is 0. The van der Waals surface area contributed by atoms with Crippen LogP contribution in [0.2, 0.25) is 0 Å². The summed E-state index contributed by atoms with van der Waals surface area (Å²) in [4.78, 5) is 20.1. The van der Waals surface area contributed by atoms with E-state index in [9.17, 15) is 22.4 Å². The number of anilines is 1. The standard InChI is InChI=1S/C18H14FN5O2.C2HF3O2/c19-12-1-4-14(5-2-12)24-10-11(9-21-24)8-20-13-3-6-16-15(7-13)17(18(25)26)23-22-16;3-2(4,5)1(6)7/h1-7,9-10,20H,8H2,(H,22,23)(H,25,26);(H,6,7). The molecular formula is C20H15F4N5O4. The summed E-state index contributed by atoms with van der Waals surface area (Å²) in [6.07, 6.45) is -1.52. The van der Waals surface area contributed by atoms with Gasteiger partial charge in [0.05, 0.1) is 17.4 Å². The van der Waals surface area contributed by atoms with Crippen LogP contribution >= 0.6 is 0 Å². The molecule has 172 valence electrons. The molecule has 0 radical (unpaired) electrons. The van der Waals surface area contributed by atoms with Gasteiger partial charge in [0.1, 0.15) is 5.82 Å². The molecule has 0 bridgehead atoms. The van der Waals surface area contributed by atoms with Gasteiger partial charge in [0.2, 0.25) is 0 Å². The fraction of sp³-hybridized carbons (Fsp3) is 0.100. The van der Waals surface area contributed by atoms with E-state index < -0.39 is 18.1 Å². The van der Waals surface area contributed by atoms with Crippen LogP contribution in [0.4, 0.5) is 23.2 Å². The van der Waals surface area contributed by atoms with E-state index in [-0.39, 0.29) is 11.5 Å². The van der Waals surface area contributed by atoms with Crippen molar-refractivity contribution in [3.8, 4) is 5.69 Å². The number of aliphatic carboxylic acids is 1. The number of rotatable bonds is 5. The summed E-state index contributed by atoms with van der Waals surface area (Å²) in [5.74, 6) is -4.13. The van der Waals surface area contributed by atoms with Crippen LogP contribution in [0.15, 0.2) is 54.9 Å². The molecule has 0 saturated heterocycles. The number of aromatic carboxylic acids is 1. The molecule has 0 saturated carbocycles. The highest BCUT2D eigenvalue weighted by molar-refractivity contribution is 6.01. The first-order valence-corrected chi connectivity index (χ1v) is 9.09. The molecule has 0 aliphatic carbocycles. The highest BCUT2D eigenvalue weighted by atomic mass is 19.4. The average Bonchev–Trinajstić information content (AvgIpc) is 3.39. The molecule has 0 amide bonds. The Morgan fingerprint density at radius 2 is 1.76 bits per heavy atom.